The Kier molecular flexibility index (Phi) is 5.59. The Morgan fingerprint density at radius 3 is 2.78 bits per heavy atom. The Labute approximate surface area is 112 Å². The van der Waals surface area contributed by atoms with Gasteiger partial charge in [0.15, 0.2) is 0 Å². The number of carbonyl (C=O) groups excluding carboxylic acids is 1. The third-order valence-electron chi connectivity index (χ3n) is 2.93. The van der Waals surface area contributed by atoms with Crippen LogP contribution in [0.4, 0.5) is 0 Å². The van der Waals surface area contributed by atoms with Crippen molar-refractivity contribution in [2.75, 3.05) is 14.2 Å². The van der Waals surface area contributed by atoms with Crippen LogP contribution in [0.5, 0.6) is 0 Å². The molecule has 0 bridgehead atoms. The molecule has 0 spiro atoms. The first-order chi connectivity index (χ1) is 8.49. The van der Waals surface area contributed by atoms with Crippen molar-refractivity contribution in [3.8, 4) is 0 Å². The van der Waals surface area contributed by atoms with Gasteiger partial charge in [0, 0.05) is 11.1 Å². The van der Waals surface area contributed by atoms with Crippen molar-refractivity contribution in [2.24, 2.45) is 0 Å². The minimum Gasteiger partial charge on any atom is -0.469 e. The first-order valence-electron chi connectivity index (χ1n) is 5.67. The molecule has 0 saturated heterocycles. The van der Waals surface area contributed by atoms with Crippen molar-refractivity contribution in [1.82, 2.24) is 5.32 Å². The average molecular weight is 272 g/mol. The average Bonchev–Trinajstić information content (AvgIpc) is 2.37. The highest BCUT2D eigenvalue weighted by atomic mass is 35.5. The smallest absolute Gasteiger partial charge is 0.307 e. The molecule has 2 N–H and O–H groups in total. The lowest BCUT2D eigenvalue weighted by Crippen LogP contribution is -2.35. The number of aryl methyl sites for hydroxylation is 1. The fraction of sp³-hybridized carbons (Fsp3) is 0.462. The molecule has 18 heavy (non-hydrogen) atoms. The molecule has 0 radical (unpaired) electrons. The maximum atomic E-state index is 11.3. The summed E-state index contributed by atoms with van der Waals surface area (Å²) in [6, 6.07) is 4.91. The third kappa shape index (κ3) is 3.70. The Bertz CT molecular complexity index is 423. The highest BCUT2D eigenvalue weighted by Gasteiger charge is 2.24. The van der Waals surface area contributed by atoms with Gasteiger partial charge in [-0.05, 0) is 37.2 Å². The van der Waals surface area contributed by atoms with Crippen LogP contribution in [0.3, 0.4) is 0 Å². The van der Waals surface area contributed by atoms with Gasteiger partial charge in [-0.15, -0.1) is 0 Å². The van der Waals surface area contributed by atoms with Gasteiger partial charge in [-0.3, -0.25) is 4.79 Å². The van der Waals surface area contributed by atoms with Gasteiger partial charge in [-0.25, -0.2) is 0 Å². The number of methoxy groups -OCH3 is 1. The normalized spacial score (nSPS) is 14.1. The van der Waals surface area contributed by atoms with Gasteiger partial charge in [-0.1, -0.05) is 17.7 Å². The molecule has 0 aliphatic rings. The van der Waals surface area contributed by atoms with E-state index in [1.54, 1.807) is 19.2 Å². The van der Waals surface area contributed by atoms with Crippen LogP contribution >= 0.6 is 11.6 Å². The van der Waals surface area contributed by atoms with E-state index in [0.717, 1.165) is 5.56 Å². The van der Waals surface area contributed by atoms with E-state index < -0.39 is 12.1 Å². The van der Waals surface area contributed by atoms with Gasteiger partial charge < -0.3 is 15.2 Å². The number of nitrogens with one attached hydrogen (secondary N) is 1. The van der Waals surface area contributed by atoms with E-state index in [9.17, 15) is 9.90 Å². The fourth-order valence-electron chi connectivity index (χ4n) is 1.78. The van der Waals surface area contributed by atoms with Crippen LogP contribution in [0.25, 0.3) is 0 Å². The second-order valence-corrected chi connectivity index (χ2v) is 4.56. The van der Waals surface area contributed by atoms with Gasteiger partial charge >= 0.3 is 5.97 Å². The lowest BCUT2D eigenvalue weighted by Gasteiger charge is -2.23. The standard InChI is InChI=1S/C13H18ClNO3/c1-8-4-5-9(14)6-10(8)13(17)11(15-2)7-12(16)18-3/h4-6,11,13,15,17H,7H2,1-3H3. The van der Waals surface area contributed by atoms with Crippen LogP contribution in [0.2, 0.25) is 5.02 Å². The summed E-state index contributed by atoms with van der Waals surface area (Å²) in [6.45, 7) is 1.89. The molecule has 0 amide bonds. The molecule has 0 heterocycles. The Morgan fingerprint density at radius 2 is 2.22 bits per heavy atom. The van der Waals surface area contributed by atoms with Crippen LogP contribution in [0.1, 0.15) is 23.7 Å². The lowest BCUT2D eigenvalue weighted by atomic mass is 9.96. The Hall–Kier alpha value is -1.10. The second-order valence-electron chi connectivity index (χ2n) is 4.12. The van der Waals surface area contributed by atoms with Crippen LogP contribution in [0, 0.1) is 6.92 Å². The number of ether oxygens (including phenoxy) is 1. The number of carbonyl (C=O) groups is 1. The maximum Gasteiger partial charge on any atom is 0.307 e. The number of halogens is 1. The number of rotatable bonds is 5. The zero-order chi connectivity index (χ0) is 13.7. The SMILES string of the molecule is CNC(CC(=O)OC)C(O)c1cc(Cl)ccc1C. The summed E-state index contributed by atoms with van der Waals surface area (Å²) in [5.41, 5.74) is 1.64. The molecule has 0 aliphatic heterocycles. The van der Waals surface area contributed by atoms with Crippen molar-refractivity contribution in [1.29, 1.82) is 0 Å². The monoisotopic (exact) mass is 271 g/mol. The van der Waals surface area contributed by atoms with Crippen molar-refractivity contribution in [2.45, 2.75) is 25.5 Å². The van der Waals surface area contributed by atoms with Gasteiger partial charge in [0.05, 0.1) is 19.6 Å². The molecular formula is C13H18ClNO3. The summed E-state index contributed by atoms with van der Waals surface area (Å²) in [5.74, 6) is -0.368. The number of esters is 1. The minimum absolute atomic E-state index is 0.0973. The summed E-state index contributed by atoms with van der Waals surface area (Å²) in [6.07, 6.45) is -0.715. The first-order valence-corrected chi connectivity index (χ1v) is 6.05. The van der Waals surface area contributed by atoms with Crippen LogP contribution in [-0.2, 0) is 9.53 Å². The minimum atomic E-state index is -0.812. The molecule has 5 heteroatoms. The first kappa shape index (κ1) is 15.0. The molecule has 0 fully saturated rings. The number of likely N-dealkylation sites (N-methyl/N-ethyl adjacent to an activating group) is 1. The number of aliphatic hydroxyl groups excluding tert-OH is 1. The van der Waals surface area contributed by atoms with Crippen LogP contribution in [-0.4, -0.2) is 31.3 Å². The molecule has 1 rings (SSSR count). The molecule has 0 aromatic heterocycles. The van der Waals surface area contributed by atoms with E-state index in [1.165, 1.54) is 7.11 Å². The van der Waals surface area contributed by atoms with E-state index in [-0.39, 0.29) is 12.4 Å². The predicted octanol–water partition coefficient (Wildman–Crippen LogP) is 1.83. The third-order valence-corrected chi connectivity index (χ3v) is 3.16. The topological polar surface area (TPSA) is 58.6 Å². The van der Waals surface area contributed by atoms with Crippen LogP contribution < -0.4 is 5.32 Å². The molecular weight excluding hydrogens is 254 g/mol. The highest BCUT2D eigenvalue weighted by Crippen LogP contribution is 2.25. The van der Waals surface area contributed by atoms with E-state index in [0.29, 0.717) is 10.6 Å². The highest BCUT2D eigenvalue weighted by molar-refractivity contribution is 6.30. The molecule has 0 saturated carbocycles. The van der Waals surface area contributed by atoms with E-state index >= 15 is 0 Å². The van der Waals surface area contributed by atoms with E-state index in [4.69, 9.17) is 11.6 Å². The van der Waals surface area contributed by atoms with Crippen molar-refractivity contribution >= 4 is 17.6 Å². The fourth-order valence-corrected chi connectivity index (χ4v) is 1.96. The molecule has 100 valence electrons. The Morgan fingerprint density at radius 1 is 1.56 bits per heavy atom. The summed E-state index contributed by atoms with van der Waals surface area (Å²) in [7, 11) is 3.02. The van der Waals surface area contributed by atoms with Crippen LogP contribution in [0.15, 0.2) is 18.2 Å². The van der Waals surface area contributed by atoms with Gasteiger partial charge in [0.1, 0.15) is 0 Å². The lowest BCUT2D eigenvalue weighted by molar-refractivity contribution is -0.142. The zero-order valence-electron chi connectivity index (χ0n) is 10.7. The number of hydrogen-bond acceptors (Lipinski definition) is 4. The predicted molar refractivity (Wildman–Crippen MR) is 70.6 cm³/mol. The number of benzene rings is 1. The van der Waals surface area contributed by atoms with Crippen molar-refractivity contribution in [3.05, 3.63) is 34.3 Å². The molecule has 2 atom stereocenters. The molecule has 1 aromatic carbocycles. The van der Waals surface area contributed by atoms with Crippen molar-refractivity contribution < 1.29 is 14.6 Å². The van der Waals surface area contributed by atoms with Gasteiger partial charge in [0.2, 0.25) is 0 Å². The molecule has 4 nitrogen and oxygen atoms in total. The number of aliphatic hydroxyl groups is 1. The second kappa shape index (κ2) is 6.73. The van der Waals surface area contributed by atoms with E-state index in [1.807, 2.05) is 13.0 Å². The summed E-state index contributed by atoms with van der Waals surface area (Å²) in [5, 5.41) is 13.8. The zero-order valence-corrected chi connectivity index (χ0v) is 11.5. The summed E-state index contributed by atoms with van der Waals surface area (Å²) in [4.78, 5) is 11.3. The largest absolute Gasteiger partial charge is 0.469 e. The molecule has 1 aromatic rings. The molecule has 0 aliphatic carbocycles. The maximum absolute atomic E-state index is 11.3. The quantitative estimate of drug-likeness (QED) is 0.803. The summed E-state index contributed by atoms with van der Waals surface area (Å²) >= 11 is 5.92. The Balaban J connectivity index is 2.92. The number of hydrogen-bond donors (Lipinski definition) is 2. The van der Waals surface area contributed by atoms with Crippen molar-refractivity contribution in [3.63, 3.8) is 0 Å². The summed E-state index contributed by atoms with van der Waals surface area (Å²) < 4.78 is 4.61. The molecule has 2 unspecified atom stereocenters. The van der Waals surface area contributed by atoms with Gasteiger partial charge in [-0.2, -0.15) is 0 Å². The van der Waals surface area contributed by atoms with E-state index in [2.05, 4.69) is 10.1 Å². The van der Waals surface area contributed by atoms with Gasteiger partial charge in [0.25, 0.3) is 0 Å².